The van der Waals surface area contributed by atoms with Crippen LogP contribution in [-0.2, 0) is 68.1 Å². The van der Waals surface area contributed by atoms with Crippen molar-refractivity contribution in [1.29, 1.82) is 0 Å². The maximum absolute atomic E-state index is 13.9. The van der Waals surface area contributed by atoms with E-state index in [0.29, 0.717) is 78.7 Å². The number of hydrogen-bond donors (Lipinski definition) is 2. The SMILES string of the molecule is COc1ccc(COc2cnc(CNC(=O)C3C=C(C)C4CN3C(=O)N4OS(=O)(=O)ON3C(=O)N4CC3C(C)=CC4C(=O)NCc3cc(OCc4ccc(OC)cc4)c(OCc4ccc(OC)cc4)cn3)cc2OCc2ccc(OC)cc2)cc1. The number of carbonyl (C=O) groups excluding carboxylic acids is 4. The highest BCUT2D eigenvalue weighted by atomic mass is 32.3. The zero-order valence-corrected chi connectivity index (χ0v) is 48.1. The van der Waals surface area contributed by atoms with Gasteiger partial charge in [0.05, 0.1) is 78.4 Å². The van der Waals surface area contributed by atoms with Crippen molar-refractivity contribution in [2.75, 3.05) is 41.5 Å². The van der Waals surface area contributed by atoms with Crippen molar-refractivity contribution in [3.8, 4) is 46.0 Å². The van der Waals surface area contributed by atoms with Crippen molar-refractivity contribution in [3.05, 3.63) is 179 Å². The Morgan fingerprint density at radius 1 is 0.494 bits per heavy atom. The number of urea groups is 2. The van der Waals surface area contributed by atoms with Crippen LogP contribution in [0.3, 0.4) is 0 Å². The number of pyridine rings is 2. The summed E-state index contributed by atoms with van der Waals surface area (Å²) in [7, 11) is 1.14. The molecule has 2 fully saturated rings. The molecule has 0 spiro atoms. The molecule has 2 N–H and O–H groups in total. The second kappa shape index (κ2) is 25.9. The molecule has 4 aromatic carbocycles. The molecule has 0 saturated carbocycles. The molecular formula is C60H62N8O16S. The number of ether oxygens (including phenoxy) is 8. The van der Waals surface area contributed by atoms with Crippen molar-refractivity contribution in [1.82, 2.24) is 40.5 Å². The lowest BCUT2D eigenvalue weighted by Gasteiger charge is -2.27. The first-order valence-electron chi connectivity index (χ1n) is 26.9. The van der Waals surface area contributed by atoms with Crippen molar-refractivity contribution in [3.63, 3.8) is 0 Å². The molecule has 24 nitrogen and oxygen atoms in total. The lowest BCUT2D eigenvalue weighted by molar-refractivity contribution is -0.124. The molecule has 444 valence electrons. The molecular weight excluding hydrogens is 1120 g/mol. The summed E-state index contributed by atoms with van der Waals surface area (Å²) in [6.45, 7) is 3.65. The molecule has 0 aliphatic carbocycles. The number of methoxy groups -OCH3 is 4. The lowest BCUT2D eigenvalue weighted by Crippen LogP contribution is -2.48. The van der Waals surface area contributed by atoms with Crippen molar-refractivity contribution in [2.45, 2.75) is 77.5 Å². The summed E-state index contributed by atoms with van der Waals surface area (Å²) >= 11 is 0. The maximum Gasteiger partial charge on any atom is 0.442 e. The molecule has 10 rings (SSSR count). The fourth-order valence-electron chi connectivity index (χ4n) is 9.69. The number of benzene rings is 4. The molecule has 6 amide bonds. The average molecular weight is 1180 g/mol. The summed E-state index contributed by atoms with van der Waals surface area (Å²) < 4.78 is 83.8. The fraction of sp³-hybridized carbons (Fsp3) is 0.300. The third-order valence-electron chi connectivity index (χ3n) is 14.5. The lowest BCUT2D eigenvalue weighted by atomic mass is 10.0. The maximum atomic E-state index is 13.9. The van der Waals surface area contributed by atoms with E-state index in [1.54, 1.807) is 54.4 Å². The first-order valence-corrected chi connectivity index (χ1v) is 28.2. The minimum Gasteiger partial charge on any atom is -0.497 e. The van der Waals surface area contributed by atoms with E-state index in [9.17, 15) is 27.6 Å². The topological polar surface area (TPSA) is 258 Å². The summed E-state index contributed by atoms with van der Waals surface area (Å²) in [5.41, 5.74) is 5.20. The van der Waals surface area contributed by atoms with Crippen molar-refractivity contribution >= 4 is 34.3 Å². The number of aromatic nitrogens is 2. The quantitative estimate of drug-likeness (QED) is 0.0533. The van der Waals surface area contributed by atoms with Gasteiger partial charge >= 0.3 is 22.5 Å². The Kier molecular flexibility index (Phi) is 17.9. The number of nitrogens with one attached hydrogen (secondary N) is 2. The van der Waals surface area contributed by atoms with E-state index in [4.69, 9.17) is 46.5 Å². The molecule has 25 heteroatoms. The predicted molar refractivity (Wildman–Crippen MR) is 303 cm³/mol. The van der Waals surface area contributed by atoms with Gasteiger partial charge in [0.15, 0.2) is 23.0 Å². The largest absolute Gasteiger partial charge is 0.497 e. The molecule has 6 aromatic rings. The van der Waals surface area contributed by atoms with Gasteiger partial charge in [0, 0.05) is 12.1 Å². The number of carbonyl (C=O) groups is 4. The number of hydrogen-bond acceptors (Lipinski definition) is 18. The van der Waals surface area contributed by atoms with Crippen LogP contribution in [0.1, 0.15) is 47.5 Å². The van der Waals surface area contributed by atoms with E-state index in [1.165, 1.54) is 24.5 Å². The molecule has 2 aromatic heterocycles. The van der Waals surface area contributed by atoms with Gasteiger partial charge in [-0.3, -0.25) is 19.6 Å². The molecule has 2 saturated heterocycles. The highest BCUT2D eigenvalue weighted by Crippen LogP contribution is 2.36. The summed E-state index contributed by atoms with van der Waals surface area (Å²) in [5.74, 6) is 3.07. The third-order valence-corrected chi connectivity index (χ3v) is 15.2. The average Bonchev–Trinajstić information content (AvgIpc) is 2.19. The second-order valence-corrected chi connectivity index (χ2v) is 21.2. The molecule has 4 atom stereocenters. The number of amides is 6. The smallest absolute Gasteiger partial charge is 0.442 e. The van der Waals surface area contributed by atoms with Crippen LogP contribution in [0, 0.1) is 0 Å². The van der Waals surface area contributed by atoms with Gasteiger partial charge in [-0.2, -0.15) is 18.5 Å². The van der Waals surface area contributed by atoms with Gasteiger partial charge in [-0.15, -0.1) is 8.57 Å². The van der Waals surface area contributed by atoms with E-state index in [1.807, 2.05) is 97.1 Å². The van der Waals surface area contributed by atoms with E-state index in [2.05, 4.69) is 20.6 Å². The second-order valence-electron chi connectivity index (χ2n) is 20.0. The summed E-state index contributed by atoms with van der Waals surface area (Å²) in [6, 6.07) is 26.8. The van der Waals surface area contributed by atoms with Gasteiger partial charge in [0.2, 0.25) is 11.8 Å². The van der Waals surface area contributed by atoms with Crippen LogP contribution in [0.25, 0.3) is 0 Å². The zero-order valence-electron chi connectivity index (χ0n) is 47.3. The van der Waals surface area contributed by atoms with Crippen LogP contribution in [0.4, 0.5) is 9.59 Å². The van der Waals surface area contributed by atoms with Crippen molar-refractivity contribution in [2.24, 2.45) is 0 Å². The molecule has 4 bridgehead atoms. The van der Waals surface area contributed by atoms with Crippen LogP contribution < -0.4 is 48.5 Å². The summed E-state index contributed by atoms with van der Waals surface area (Å²) in [5, 5.41) is 6.85. The fourth-order valence-corrected chi connectivity index (χ4v) is 10.4. The monoisotopic (exact) mass is 1180 g/mol. The van der Waals surface area contributed by atoms with Crippen LogP contribution in [-0.4, -0.2) is 128 Å². The van der Waals surface area contributed by atoms with Gasteiger partial charge < -0.3 is 58.3 Å². The first-order chi connectivity index (χ1) is 41.1. The number of fused-ring (bicyclic) bond motifs is 4. The van der Waals surface area contributed by atoms with Crippen LogP contribution in [0.2, 0.25) is 0 Å². The Labute approximate surface area is 490 Å². The minimum atomic E-state index is -5.20. The molecule has 4 unspecified atom stereocenters. The molecule has 4 aliphatic rings. The Morgan fingerprint density at radius 3 is 1.11 bits per heavy atom. The van der Waals surface area contributed by atoms with Gasteiger partial charge in [0.25, 0.3) is 0 Å². The van der Waals surface area contributed by atoms with E-state index in [0.717, 1.165) is 32.1 Å². The Hall–Kier alpha value is -9.59. The third kappa shape index (κ3) is 13.8. The van der Waals surface area contributed by atoms with Gasteiger partial charge in [-0.25, -0.2) is 9.59 Å². The highest BCUT2D eigenvalue weighted by molar-refractivity contribution is 7.81. The Morgan fingerprint density at radius 2 is 0.800 bits per heavy atom. The Bertz CT molecular complexity index is 3360. The minimum absolute atomic E-state index is 0.0802. The number of hydroxylamine groups is 4. The molecule has 4 aliphatic heterocycles. The Balaban J connectivity index is 0.743. The van der Waals surface area contributed by atoms with Crippen LogP contribution in [0.5, 0.6) is 46.0 Å². The van der Waals surface area contributed by atoms with Crippen LogP contribution >= 0.6 is 0 Å². The normalized spacial score (nSPS) is 17.9. The van der Waals surface area contributed by atoms with Crippen LogP contribution in [0.15, 0.2) is 145 Å². The zero-order chi connectivity index (χ0) is 59.8. The predicted octanol–water partition coefficient (Wildman–Crippen LogP) is 6.74. The first kappa shape index (κ1) is 58.6. The highest BCUT2D eigenvalue weighted by Gasteiger charge is 2.52. The molecule has 6 heterocycles. The molecule has 85 heavy (non-hydrogen) atoms. The van der Waals surface area contributed by atoms with E-state index >= 15 is 0 Å². The summed E-state index contributed by atoms with van der Waals surface area (Å²) in [6.07, 6.45) is 6.07. The summed E-state index contributed by atoms with van der Waals surface area (Å²) in [4.78, 5) is 67.0. The van der Waals surface area contributed by atoms with Gasteiger partial charge in [-0.05, 0) is 95.8 Å². The van der Waals surface area contributed by atoms with E-state index in [-0.39, 0.29) is 52.6 Å². The number of rotatable bonds is 26. The van der Waals surface area contributed by atoms with E-state index < -0.39 is 58.4 Å². The van der Waals surface area contributed by atoms with Crippen molar-refractivity contribution < 1.29 is 74.1 Å². The van der Waals surface area contributed by atoms with Gasteiger partial charge in [-0.1, -0.05) is 60.7 Å². The number of nitrogens with zero attached hydrogens (tertiary/aromatic N) is 6. The standard InChI is InChI=1S/C60H62N8O16S/c1-37-23-49(57(69)63-27-43-25-53(79-33-39-7-15-45(75-3)16-8-39)55(29-61-43)81-35-41-11-19-47(77-5)20-12-41)65-31-51(37)67(59(65)71)83-85(73,74)84-68-52-32-66(60(68)72)50(24-38(52)2)58(70)64-28-44-26-54(80-34-40-9-17-46(76-4)18-10-40)56(30-62-44)82-36-42-13-21-48(78-6)22-14-42/h7-26,29-30,49-52H,27-28,31-36H2,1-6H3,(H,63,69)(H,64,70). The molecule has 0 radical (unpaired) electrons. The van der Waals surface area contributed by atoms with Gasteiger partial charge in [0.1, 0.15) is 73.6 Å².